The van der Waals surface area contributed by atoms with Crippen LogP contribution in [0.25, 0.3) is 0 Å². The zero-order valence-corrected chi connectivity index (χ0v) is 12.2. The molecular formula is C15H23N3O2. The van der Waals surface area contributed by atoms with Gasteiger partial charge in [-0.3, -0.25) is 5.32 Å². The summed E-state index contributed by atoms with van der Waals surface area (Å²) in [5.41, 5.74) is 1.78. The number of ether oxygens (including phenoxy) is 1. The third kappa shape index (κ3) is 4.42. The van der Waals surface area contributed by atoms with Crippen molar-refractivity contribution >= 4 is 17.5 Å². The van der Waals surface area contributed by atoms with Crippen LogP contribution in [0, 0.1) is 0 Å². The predicted molar refractivity (Wildman–Crippen MR) is 81.2 cm³/mol. The first-order valence-electron chi connectivity index (χ1n) is 7.07. The Morgan fingerprint density at radius 1 is 1.30 bits per heavy atom. The number of anilines is 2. The van der Waals surface area contributed by atoms with Gasteiger partial charge in [0.25, 0.3) is 0 Å². The molecule has 1 unspecified atom stereocenters. The van der Waals surface area contributed by atoms with Crippen molar-refractivity contribution in [2.24, 2.45) is 0 Å². The SMILES string of the molecule is COC(=O)Nc1cccc(NC2CCCN(C)CC2)c1. The first kappa shape index (κ1) is 14.7. The molecule has 0 aromatic heterocycles. The van der Waals surface area contributed by atoms with E-state index in [9.17, 15) is 4.79 Å². The number of carbonyl (C=O) groups is 1. The van der Waals surface area contributed by atoms with Crippen molar-refractivity contribution in [2.45, 2.75) is 25.3 Å². The third-order valence-electron chi connectivity index (χ3n) is 3.62. The average molecular weight is 277 g/mol. The quantitative estimate of drug-likeness (QED) is 0.892. The van der Waals surface area contributed by atoms with Crippen molar-refractivity contribution in [1.82, 2.24) is 4.90 Å². The number of amides is 1. The second-order valence-corrected chi connectivity index (χ2v) is 5.27. The summed E-state index contributed by atoms with van der Waals surface area (Å²) < 4.78 is 4.60. The van der Waals surface area contributed by atoms with Crippen LogP contribution in [-0.4, -0.2) is 44.3 Å². The van der Waals surface area contributed by atoms with Crippen LogP contribution < -0.4 is 10.6 Å². The Kier molecular flexibility index (Phi) is 5.24. The summed E-state index contributed by atoms with van der Waals surface area (Å²) in [5, 5.41) is 6.23. The van der Waals surface area contributed by atoms with E-state index in [4.69, 9.17) is 0 Å². The van der Waals surface area contributed by atoms with E-state index in [-0.39, 0.29) is 0 Å². The molecule has 110 valence electrons. The number of rotatable bonds is 3. The molecule has 0 radical (unpaired) electrons. The summed E-state index contributed by atoms with van der Waals surface area (Å²) in [6.07, 6.45) is 3.09. The molecule has 1 aliphatic heterocycles. The van der Waals surface area contributed by atoms with Crippen molar-refractivity contribution in [1.29, 1.82) is 0 Å². The normalized spacial score (nSPS) is 20.0. The zero-order valence-electron chi connectivity index (χ0n) is 12.2. The van der Waals surface area contributed by atoms with Crippen LogP contribution in [0.4, 0.5) is 16.2 Å². The van der Waals surface area contributed by atoms with Crippen molar-refractivity contribution in [3.05, 3.63) is 24.3 Å². The van der Waals surface area contributed by atoms with Crippen LogP contribution in [0.15, 0.2) is 24.3 Å². The van der Waals surface area contributed by atoms with Gasteiger partial charge in [-0.2, -0.15) is 0 Å². The highest BCUT2D eigenvalue weighted by Crippen LogP contribution is 2.19. The number of hydrogen-bond donors (Lipinski definition) is 2. The molecule has 1 aliphatic rings. The molecule has 1 amide bonds. The molecule has 1 heterocycles. The van der Waals surface area contributed by atoms with Gasteiger partial charge in [-0.05, 0) is 57.6 Å². The third-order valence-corrected chi connectivity index (χ3v) is 3.62. The summed E-state index contributed by atoms with van der Waals surface area (Å²) in [7, 11) is 3.53. The van der Waals surface area contributed by atoms with E-state index in [2.05, 4.69) is 27.3 Å². The fourth-order valence-corrected chi connectivity index (χ4v) is 2.48. The fourth-order valence-electron chi connectivity index (χ4n) is 2.48. The topological polar surface area (TPSA) is 53.6 Å². The Hall–Kier alpha value is -1.75. The molecule has 1 saturated heterocycles. The van der Waals surface area contributed by atoms with E-state index < -0.39 is 6.09 Å². The van der Waals surface area contributed by atoms with Gasteiger partial charge < -0.3 is 15.0 Å². The molecule has 2 rings (SSSR count). The minimum absolute atomic E-state index is 0.446. The maximum atomic E-state index is 11.2. The Labute approximate surface area is 120 Å². The summed E-state index contributed by atoms with van der Waals surface area (Å²) in [4.78, 5) is 13.6. The molecule has 20 heavy (non-hydrogen) atoms. The summed E-state index contributed by atoms with van der Waals surface area (Å²) in [5.74, 6) is 0. The van der Waals surface area contributed by atoms with Crippen LogP contribution >= 0.6 is 0 Å². The van der Waals surface area contributed by atoms with E-state index in [0.29, 0.717) is 6.04 Å². The molecule has 0 saturated carbocycles. The van der Waals surface area contributed by atoms with Crippen molar-refractivity contribution in [3.8, 4) is 0 Å². The van der Waals surface area contributed by atoms with Crippen LogP contribution in [0.1, 0.15) is 19.3 Å². The minimum atomic E-state index is -0.446. The van der Waals surface area contributed by atoms with Gasteiger partial charge in [0.1, 0.15) is 0 Å². The van der Waals surface area contributed by atoms with Gasteiger partial charge in [-0.1, -0.05) is 6.07 Å². The van der Waals surface area contributed by atoms with E-state index in [1.807, 2.05) is 24.3 Å². The molecule has 5 heteroatoms. The number of benzene rings is 1. The van der Waals surface area contributed by atoms with Crippen molar-refractivity contribution in [3.63, 3.8) is 0 Å². The largest absolute Gasteiger partial charge is 0.453 e. The van der Waals surface area contributed by atoms with Gasteiger partial charge in [-0.15, -0.1) is 0 Å². The van der Waals surface area contributed by atoms with Gasteiger partial charge in [0.05, 0.1) is 7.11 Å². The summed E-state index contributed by atoms with van der Waals surface area (Å²) in [6, 6.07) is 8.23. The van der Waals surface area contributed by atoms with Gasteiger partial charge in [0.2, 0.25) is 0 Å². The van der Waals surface area contributed by atoms with Gasteiger partial charge >= 0.3 is 6.09 Å². The first-order valence-corrected chi connectivity index (χ1v) is 7.07. The van der Waals surface area contributed by atoms with E-state index in [1.165, 1.54) is 26.5 Å². The molecule has 0 bridgehead atoms. The molecule has 0 aliphatic carbocycles. The average Bonchev–Trinajstić information content (AvgIpc) is 2.64. The molecular weight excluding hydrogens is 254 g/mol. The van der Waals surface area contributed by atoms with E-state index >= 15 is 0 Å². The summed E-state index contributed by atoms with van der Waals surface area (Å²) in [6.45, 7) is 2.29. The lowest BCUT2D eigenvalue weighted by Gasteiger charge is -2.18. The highest BCUT2D eigenvalue weighted by Gasteiger charge is 2.14. The highest BCUT2D eigenvalue weighted by atomic mass is 16.5. The van der Waals surface area contributed by atoms with Gasteiger partial charge in [-0.25, -0.2) is 4.79 Å². The zero-order chi connectivity index (χ0) is 14.4. The maximum Gasteiger partial charge on any atom is 0.411 e. The van der Waals surface area contributed by atoms with Gasteiger partial charge in [0, 0.05) is 17.4 Å². The number of methoxy groups -OCH3 is 1. The fraction of sp³-hybridized carbons (Fsp3) is 0.533. The van der Waals surface area contributed by atoms with Crippen LogP contribution in [0.2, 0.25) is 0 Å². The van der Waals surface area contributed by atoms with E-state index in [1.54, 1.807) is 0 Å². The standard InChI is InChI=1S/C15H23N3O2/c1-18-9-4-7-12(8-10-18)16-13-5-3-6-14(11-13)17-15(19)20-2/h3,5-6,11-12,16H,4,7-10H2,1-2H3,(H,17,19). The van der Waals surface area contributed by atoms with Crippen LogP contribution in [-0.2, 0) is 4.74 Å². The first-order chi connectivity index (χ1) is 9.67. The smallest absolute Gasteiger partial charge is 0.411 e. The Morgan fingerprint density at radius 2 is 2.10 bits per heavy atom. The number of carbonyl (C=O) groups excluding carboxylic acids is 1. The number of nitrogens with one attached hydrogen (secondary N) is 2. The number of nitrogens with zero attached hydrogens (tertiary/aromatic N) is 1. The molecule has 1 fully saturated rings. The number of hydrogen-bond acceptors (Lipinski definition) is 4. The monoisotopic (exact) mass is 277 g/mol. The lowest BCUT2D eigenvalue weighted by atomic mass is 10.1. The molecule has 2 N–H and O–H groups in total. The molecule has 1 aromatic carbocycles. The van der Waals surface area contributed by atoms with Crippen molar-refractivity contribution in [2.75, 3.05) is 37.9 Å². The Balaban J connectivity index is 1.95. The van der Waals surface area contributed by atoms with E-state index in [0.717, 1.165) is 24.3 Å². The number of likely N-dealkylation sites (tertiary alicyclic amines) is 1. The summed E-state index contributed by atoms with van der Waals surface area (Å²) >= 11 is 0. The molecule has 0 spiro atoms. The predicted octanol–water partition coefficient (Wildman–Crippen LogP) is 2.76. The maximum absolute atomic E-state index is 11.2. The van der Waals surface area contributed by atoms with Crippen LogP contribution in [0.5, 0.6) is 0 Å². The lowest BCUT2D eigenvalue weighted by Crippen LogP contribution is -2.23. The van der Waals surface area contributed by atoms with Crippen molar-refractivity contribution < 1.29 is 9.53 Å². The Bertz CT molecular complexity index is 450. The lowest BCUT2D eigenvalue weighted by molar-refractivity contribution is 0.187. The second kappa shape index (κ2) is 7.14. The second-order valence-electron chi connectivity index (χ2n) is 5.27. The van der Waals surface area contributed by atoms with Crippen LogP contribution in [0.3, 0.4) is 0 Å². The Morgan fingerprint density at radius 3 is 2.90 bits per heavy atom. The highest BCUT2D eigenvalue weighted by molar-refractivity contribution is 5.85. The molecule has 1 atom stereocenters. The van der Waals surface area contributed by atoms with Gasteiger partial charge in [0.15, 0.2) is 0 Å². The minimum Gasteiger partial charge on any atom is -0.453 e. The molecule has 5 nitrogen and oxygen atoms in total. The molecule has 1 aromatic rings.